The number of benzene rings is 2. The first-order valence-electron chi connectivity index (χ1n) is 9.10. The molecule has 0 fully saturated rings. The van der Waals surface area contributed by atoms with Gasteiger partial charge in [-0.3, -0.25) is 9.10 Å². The molecule has 1 N–H and O–H groups in total. The maximum Gasteiger partial charge on any atom is 0.240 e. The SMILES string of the molecule is Cc1ccc(C)c(OCCNC(=O)CN(c2cccc(C)c2C)S(C)(=O)=O)c1. The Hall–Kier alpha value is -2.54. The summed E-state index contributed by atoms with van der Waals surface area (Å²) in [6, 6.07) is 11.3. The van der Waals surface area contributed by atoms with E-state index in [2.05, 4.69) is 5.32 Å². The minimum Gasteiger partial charge on any atom is -0.491 e. The van der Waals surface area contributed by atoms with Gasteiger partial charge in [-0.15, -0.1) is 0 Å². The Bertz CT molecular complexity index is 955. The molecule has 0 aromatic heterocycles. The predicted octanol–water partition coefficient (Wildman–Crippen LogP) is 2.88. The van der Waals surface area contributed by atoms with Crippen LogP contribution in [0.3, 0.4) is 0 Å². The van der Waals surface area contributed by atoms with Crippen LogP contribution >= 0.6 is 0 Å². The lowest BCUT2D eigenvalue weighted by molar-refractivity contribution is -0.119. The lowest BCUT2D eigenvalue weighted by atomic mass is 10.1. The number of sulfonamides is 1. The quantitative estimate of drug-likeness (QED) is 0.687. The molecule has 0 radical (unpaired) electrons. The summed E-state index contributed by atoms with van der Waals surface area (Å²) in [5.74, 6) is 0.401. The first kappa shape index (κ1) is 21.8. The van der Waals surface area contributed by atoms with E-state index in [1.54, 1.807) is 12.1 Å². The summed E-state index contributed by atoms with van der Waals surface area (Å²) in [5.41, 5.74) is 4.44. The molecule has 152 valence electrons. The van der Waals surface area contributed by atoms with Gasteiger partial charge in [-0.2, -0.15) is 0 Å². The summed E-state index contributed by atoms with van der Waals surface area (Å²) in [4.78, 5) is 12.3. The van der Waals surface area contributed by atoms with Crippen molar-refractivity contribution in [2.45, 2.75) is 27.7 Å². The molecule has 2 rings (SSSR count). The van der Waals surface area contributed by atoms with Crippen molar-refractivity contribution >= 4 is 21.6 Å². The largest absolute Gasteiger partial charge is 0.491 e. The van der Waals surface area contributed by atoms with Crippen molar-refractivity contribution in [2.75, 3.05) is 30.3 Å². The monoisotopic (exact) mass is 404 g/mol. The van der Waals surface area contributed by atoms with Gasteiger partial charge >= 0.3 is 0 Å². The Morgan fingerprint density at radius 1 is 1.07 bits per heavy atom. The molecule has 2 aromatic carbocycles. The molecule has 1 amide bonds. The molecule has 0 saturated heterocycles. The molecule has 0 saturated carbocycles. The van der Waals surface area contributed by atoms with Crippen LogP contribution in [0.25, 0.3) is 0 Å². The van der Waals surface area contributed by atoms with E-state index in [0.717, 1.165) is 38.6 Å². The van der Waals surface area contributed by atoms with Crippen molar-refractivity contribution in [1.82, 2.24) is 5.32 Å². The Kier molecular flexibility index (Phi) is 7.07. The van der Waals surface area contributed by atoms with Crippen LogP contribution in [0.5, 0.6) is 5.75 Å². The van der Waals surface area contributed by atoms with Gasteiger partial charge in [0.05, 0.1) is 18.5 Å². The second-order valence-corrected chi connectivity index (χ2v) is 8.86. The molecule has 0 aliphatic carbocycles. The number of carbonyl (C=O) groups excluding carboxylic acids is 1. The van der Waals surface area contributed by atoms with Crippen LogP contribution in [0.1, 0.15) is 22.3 Å². The fourth-order valence-electron chi connectivity index (χ4n) is 2.79. The highest BCUT2D eigenvalue weighted by Crippen LogP contribution is 2.24. The van der Waals surface area contributed by atoms with Gasteiger partial charge in [0.1, 0.15) is 18.9 Å². The molecule has 28 heavy (non-hydrogen) atoms. The number of anilines is 1. The Labute approximate surface area is 167 Å². The normalized spacial score (nSPS) is 11.2. The summed E-state index contributed by atoms with van der Waals surface area (Å²) in [6.45, 7) is 8.02. The summed E-state index contributed by atoms with van der Waals surface area (Å²) in [5, 5.41) is 2.72. The molecule has 0 spiro atoms. The van der Waals surface area contributed by atoms with Crippen LogP contribution in [0.2, 0.25) is 0 Å². The number of nitrogens with zero attached hydrogens (tertiary/aromatic N) is 1. The lowest BCUT2D eigenvalue weighted by Crippen LogP contribution is -2.41. The zero-order chi connectivity index (χ0) is 20.9. The number of rotatable bonds is 8. The van der Waals surface area contributed by atoms with Crippen molar-refractivity contribution < 1.29 is 17.9 Å². The van der Waals surface area contributed by atoms with Gasteiger partial charge < -0.3 is 10.1 Å². The smallest absolute Gasteiger partial charge is 0.240 e. The van der Waals surface area contributed by atoms with Crippen LogP contribution in [0.15, 0.2) is 36.4 Å². The highest BCUT2D eigenvalue weighted by Gasteiger charge is 2.22. The number of ether oxygens (including phenoxy) is 1. The van der Waals surface area contributed by atoms with E-state index >= 15 is 0 Å². The van der Waals surface area contributed by atoms with Crippen molar-refractivity contribution in [1.29, 1.82) is 0 Å². The standard InChI is InChI=1S/C21H28N2O4S/c1-15-9-10-17(3)20(13-15)27-12-11-22-21(24)14-23(28(5,25)26)19-8-6-7-16(2)18(19)4/h6-10,13H,11-12,14H2,1-5H3,(H,22,24). The van der Waals surface area contributed by atoms with Gasteiger partial charge in [0.2, 0.25) is 15.9 Å². The summed E-state index contributed by atoms with van der Waals surface area (Å²) >= 11 is 0. The van der Waals surface area contributed by atoms with Gasteiger partial charge in [0.15, 0.2) is 0 Å². The minimum absolute atomic E-state index is 0.271. The molecule has 7 heteroatoms. The van der Waals surface area contributed by atoms with E-state index in [0.29, 0.717) is 12.3 Å². The van der Waals surface area contributed by atoms with Gasteiger partial charge in [0, 0.05) is 0 Å². The van der Waals surface area contributed by atoms with Crippen molar-refractivity contribution in [2.24, 2.45) is 0 Å². The molecule has 0 bridgehead atoms. The molecule has 0 aliphatic rings. The average Bonchev–Trinajstić information content (AvgIpc) is 2.61. The average molecular weight is 405 g/mol. The molecule has 0 aliphatic heterocycles. The molecular formula is C21H28N2O4S. The molecule has 0 heterocycles. The van der Waals surface area contributed by atoms with Crippen LogP contribution in [-0.2, 0) is 14.8 Å². The topological polar surface area (TPSA) is 75.7 Å². The van der Waals surface area contributed by atoms with E-state index in [1.165, 1.54) is 0 Å². The van der Waals surface area contributed by atoms with Gasteiger partial charge in [0.25, 0.3) is 0 Å². The Balaban J connectivity index is 1.97. The summed E-state index contributed by atoms with van der Waals surface area (Å²) < 4.78 is 31.3. The Morgan fingerprint density at radius 2 is 1.79 bits per heavy atom. The third kappa shape index (κ3) is 5.73. The van der Waals surface area contributed by atoms with E-state index in [4.69, 9.17) is 4.74 Å². The zero-order valence-corrected chi connectivity index (χ0v) is 17.9. The highest BCUT2D eigenvalue weighted by molar-refractivity contribution is 7.92. The third-order valence-electron chi connectivity index (χ3n) is 4.56. The molecular weight excluding hydrogens is 376 g/mol. The zero-order valence-electron chi connectivity index (χ0n) is 17.1. The third-order valence-corrected chi connectivity index (χ3v) is 5.68. The summed E-state index contributed by atoms with van der Waals surface area (Å²) in [7, 11) is -3.60. The van der Waals surface area contributed by atoms with Crippen LogP contribution in [0, 0.1) is 27.7 Å². The fraction of sp³-hybridized carbons (Fsp3) is 0.381. The van der Waals surface area contributed by atoms with E-state index in [9.17, 15) is 13.2 Å². The number of hydrogen-bond donors (Lipinski definition) is 1. The molecule has 6 nitrogen and oxygen atoms in total. The van der Waals surface area contributed by atoms with Gasteiger partial charge in [-0.25, -0.2) is 8.42 Å². The summed E-state index contributed by atoms with van der Waals surface area (Å²) in [6.07, 6.45) is 1.10. The number of hydrogen-bond acceptors (Lipinski definition) is 4. The number of aryl methyl sites for hydroxylation is 3. The van der Waals surface area contributed by atoms with Gasteiger partial charge in [-0.05, 0) is 62.1 Å². The molecule has 0 unspecified atom stereocenters. The van der Waals surface area contributed by atoms with Gasteiger partial charge in [-0.1, -0.05) is 24.3 Å². The first-order chi connectivity index (χ1) is 13.1. The maximum absolute atomic E-state index is 12.3. The predicted molar refractivity (Wildman–Crippen MR) is 113 cm³/mol. The fourth-order valence-corrected chi connectivity index (χ4v) is 3.69. The minimum atomic E-state index is -3.60. The maximum atomic E-state index is 12.3. The number of amides is 1. The lowest BCUT2D eigenvalue weighted by Gasteiger charge is -2.24. The van der Waals surface area contributed by atoms with Crippen LogP contribution < -0.4 is 14.4 Å². The van der Waals surface area contributed by atoms with Crippen molar-refractivity contribution in [3.05, 3.63) is 58.7 Å². The molecule has 2 aromatic rings. The second-order valence-electron chi connectivity index (χ2n) is 6.96. The number of carbonyl (C=O) groups is 1. The van der Waals surface area contributed by atoms with Crippen LogP contribution in [0.4, 0.5) is 5.69 Å². The Morgan fingerprint density at radius 3 is 2.46 bits per heavy atom. The number of nitrogens with one attached hydrogen (secondary N) is 1. The van der Waals surface area contributed by atoms with E-state index in [1.807, 2.05) is 52.0 Å². The van der Waals surface area contributed by atoms with Crippen molar-refractivity contribution in [3.63, 3.8) is 0 Å². The van der Waals surface area contributed by atoms with E-state index in [-0.39, 0.29) is 19.0 Å². The first-order valence-corrected chi connectivity index (χ1v) is 10.9. The van der Waals surface area contributed by atoms with Crippen molar-refractivity contribution in [3.8, 4) is 5.75 Å². The van der Waals surface area contributed by atoms with E-state index < -0.39 is 10.0 Å². The highest BCUT2D eigenvalue weighted by atomic mass is 32.2. The second kappa shape index (κ2) is 9.10. The van der Waals surface area contributed by atoms with Crippen LogP contribution in [-0.4, -0.2) is 40.3 Å². The molecule has 0 atom stereocenters.